The molecule has 0 saturated carbocycles. The molecule has 0 saturated heterocycles. The van der Waals surface area contributed by atoms with Crippen LogP contribution in [-0.4, -0.2) is 31.8 Å². The first-order chi connectivity index (χ1) is 18.0. The smallest absolute Gasteiger partial charge is 0.299 e. The molecule has 2 atom stereocenters. The first kappa shape index (κ1) is 27.7. The first-order valence-corrected chi connectivity index (χ1v) is 13.8. The van der Waals surface area contributed by atoms with Gasteiger partial charge >= 0.3 is 0 Å². The van der Waals surface area contributed by atoms with Crippen LogP contribution in [0.4, 0.5) is 11.4 Å². The van der Waals surface area contributed by atoms with E-state index in [1.165, 1.54) is 42.2 Å². The van der Waals surface area contributed by atoms with E-state index in [4.69, 9.17) is 20.5 Å². The van der Waals surface area contributed by atoms with Crippen LogP contribution >= 0.6 is 11.6 Å². The van der Waals surface area contributed by atoms with Crippen LogP contribution in [0.3, 0.4) is 0 Å². The second kappa shape index (κ2) is 11.2. The molecule has 0 aromatic heterocycles. The Morgan fingerprint density at radius 1 is 1.11 bits per heavy atom. The predicted molar refractivity (Wildman–Crippen MR) is 143 cm³/mol. The number of nitro benzene ring substituents is 1. The summed E-state index contributed by atoms with van der Waals surface area (Å²) in [4.78, 5) is 26.0. The molecule has 1 heterocycles. The molecule has 0 spiro atoms. The van der Waals surface area contributed by atoms with Crippen LogP contribution in [0.1, 0.15) is 46.8 Å². The largest absolute Gasteiger partial charge is 0.328 e. The topological polar surface area (TPSA) is 116 Å². The number of carbonyl (C=O) groups excluding carboxylic acids is 1. The summed E-state index contributed by atoms with van der Waals surface area (Å²) in [5, 5.41) is 11.7. The molecule has 1 aliphatic rings. The molecule has 0 aliphatic carbocycles. The number of rotatable bonds is 7. The van der Waals surface area contributed by atoms with Crippen LogP contribution in [-0.2, 0) is 25.5 Å². The highest BCUT2D eigenvalue weighted by Gasteiger charge is 2.34. The fourth-order valence-electron chi connectivity index (χ4n) is 4.42. The molecule has 1 amide bonds. The van der Waals surface area contributed by atoms with Gasteiger partial charge in [0.1, 0.15) is 6.23 Å². The molecule has 2 unspecified atom stereocenters. The average molecular weight is 559 g/mol. The number of ether oxygens (including phenoxy) is 1. The fourth-order valence-corrected chi connectivity index (χ4v) is 5.60. The van der Waals surface area contributed by atoms with Gasteiger partial charge in [0.05, 0.1) is 9.82 Å². The lowest BCUT2D eigenvalue weighted by molar-refractivity contribution is -0.384. The van der Waals surface area contributed by atoms with Crippen molar-refractivity contribution in [3.05, 3.63) is 98.1 Å². The van der Waals surface area contributed by atoms with E-state index in [1.54, 1.807) is 37.3 Å². The Balaban J connectivity index is 1.67. The number of benzene rings is 3. The van der Waals surface area contributed by atoms with E-state index in [9.17, 15) is 23.3 Å². The number of nitro groups is 1. The number of halogens is 1. The Labute approximate surface area is 226 Å². The first-order valence-electron chi connectivity index (χ1n) is 12.0. The summed E-state index contributed by atoms with van der Waals surface area (Å²) in [6.07, 6.45) is -0.438. The van der Waals surface area contributed by atoms with Crippen molar-refractivity contribution in [1.29, 1.82) is 0 Å². The zero-order valence-electron chi connectivity index (χ0n) is 21.1. The maximum absolute atomic E-state index is 13.9. The number of aryl methyl sites for hydroxylation is 3. The summed E-state index contributed by atoms with van der Waals surface area (Å²) >= 11 is 6.22. The molecule has 0 fully saturated rings. The molecule has 4 rings (SSSR count). The molecule has 0 N–H and O–H groups in total. The summed E-state index contributed by atoms with van der Waals surface area (Å²) < 4.78 is 37.0. The fraction of sp³-hybridized carbons (Fsp3) is 0.296. The number of carbonyl (C=O) groups is 1. The summed E-state index contributed by atoms with van der Waals surface area (Å²) in [6.45, 7) is 4.92. The maximum atomic E-state index is 13.9. The van der Waals surface area contributed by atoms with Gasteiger partial charge in [-0.3, -0.25) is 19.8 Å². The third-order valence-electron chi connectivity index (χ3n) is 6.28. The Hall–Kier alpha value is -3.31. The summed E-state index contributed by atoms with van der Waals surface area (Å²) in [5.74, 6) is -0.443. The van der Waals surface area contributed by atoms with E-state index in [0.717, 1.165) is 11.1 Å². The van der Waals surface area contributed by atoms with Gasteiger partial charge in [0.25, 0.3) is 21.7 Å². The number of amides is 1. The zero-order chi connectivity index (χ0) is 27.6. The van der Waals surface area contributed by atoms with Crippen molar-refractivity contribution < 1.29 is 27.1 Å². The number of anilines is 1. The SMILES string of the molecule is Cc1ccc(S(=O)(=O)OC(C)OC2CCCc3cc(Cl)ccc3N2C(=O)c2ccc([N+](=O)[O-])cc2C)cc1. The van der Waals surface area contributed by atoms with E-state index in [0.29, 0.717) is 35.5 Å². The van der Waals surface area contributed by atoms with Gasteiger partial charge < -0.3 is 4.74 Å². The lowest BCUT2D eigenvalue weighted by Gasteiger charge is -2.33. The van der Waals surface area contributed by atoms with Crippen LogP contribution in [0.5, 0.6) is 0 Å². The maximum Gasteiger partial charge on any atom is 0.299 e. The molecule has 0 bridgehead atoms. The molecule has 200 valence electrons. The van der Waals surface area contributed by atoms with Crippen LogP contribution < -0.4 is 4.90 Å². The highest BCUT2D eigenvalue weighted by molar-refractivity contribution is 7.86. The van der Waals surface area contributed by atoms with E-state index < -0.39 is 33.5 Å². The van der Waals surface area contributed by atoms with Crippen LogP contribution in [0, 0.1) is 24.0 Å². The molecule has 3 aromatic carbocycles. The van der Waals surface area contributed by atoms with Gasteiger partial charge in [-0.25, -0.2) is 4.18 Å². The van der Waals surface area contributed by atoms with Crippen molar-refractivity contribution in [1.82, 2.24) is 0 Å². The third kappa shape index (κ3) is 6.05. The van der Waals surface area contributed by atoms with E-state index in [2.05, 4.69) is 0 Å². The zero-order valence-corrected chi connectivity index (χ0v) is 22.7. The Kier molecular flexibility index (Phi) is 8.17. The third-order valence-corrected chi connectivity index (χ3v) is 7.89. The highest BCUT2D eigenvalue weighted by Crippen LogP contribution is 2.35. The number of non-ortho nitro benzene ring substituents is 1. The van der Waals surface area contributed by atoms with Crippen molar-refractivity contribution in [2.45, 2.75) is 57.4 Å². The molecule has 1 aliphatic heterocycles. The molecule has 38 heavy (non-hydrogen) atoms. The monoisotopic (exact) mass is 558 g/mol. The standard InChI is InChI=1S/C27H27ClN2O7S/c1-17-7-11-23(12-8-17)38(34,35)37-19(3)36-26-6-4-5-20-16-21(28)9-14-25(20)29(26)27(31)24-13-10-22(30(32)33)15-18(24)2/h7-16,19,26H,4-6H2,1-3H3. The molecular formula is C27H27ClN2O7S. The average Bonchev–Trinajstić information content (AvgIpc) is 3.01. The van der Waals surface area contributed by atoms with E-state index in [-0.39, 0.29) is 16.1 Å². The van der Waals surface area contributed by atoms with Crippen molar-refractivity contribution in [3.8, 4) is 0 Å². The second-order valence-corrected chi connectivity index (χ2v) is 11.1. The van der Waals surface area contributed by atoms with Gasteiger partial charge in [0.2, 0.25) is 0 Å². The van der Waals surface area contributed by atoms with Crippen LogP contribution in [0.15, 0.2) is 65.6 Å². The summed E-state index contributed by atoms with van der Waals surface area (Å²) in [5.41, 5.74) is 2.85. The lowest BCUT2D eigenvalue weighted by atomic mass is 10.0. The quantitative estimate of drug-likeness (QED) is 0.152. The van der Waals surface area contributed by atoms with Crippen molar-refractivity contribution in [2.24, 2.45) is 0 Å². The van der Waals surface area contributed by atoms with E-state index in [1.807, 2.05) is 6.92 Å². The number of fused-ring (bicyclic) bond motifs is 1. The van der Waals surface area contributed by atoms with Gasteiger partial charge in [-0.1, -0.05) is 29.3 Å². The van der Waals surface area contributed by atoms with E-state index >= 15 is 0 Å². The van der Waals surface area contributed by atoms with Gasteiger partial charge in [0, 0.05) is 28.4 Å². The molecule has 3 aromatic rings. The predicted octanol–water partition coefficient (Wildman–Crippen LogP) is 5.94. The van der Waals surface area contributed by atoms with Gasteiger partial charge in [-0.15, -0.1) is 0 Å². The number of hydrogen-bond donors (Lipinski definition) is 0. The summed E-state index contributed by atoms with van der Waals surface area (Å²) in [7, 11) is -4.12. The number of nitrogens with zero attached hydrogens (tertiary/aromatic N) is 2. The lowest BCUT2D eigenvalue weighted by Crippen LogP contribution is -2.44. The van der Waals surface area contributed by atoms with Crippen LogP contribution in [0.2, 0.25) is 5.02 Å². The minimum atomic E-state index is -4.12. The molecular weight excluding hydrogens is 532 g/mol. The highest BCUT2D eigenvalue weighted by atomic mass is 35.5. The minimum absolute atomic E-state index is 0.00570. The van der Waals surface area contributed by atoms with Crippen molar-refractivity contribution in [3.63, 3.8) is 0 Å². The molecule has 0 radical (unpaired) electrons. The van der Waals surface area contributed by atoms with Crippen LogP contribution in [0.25, 0.3) is 0 Å². The second-order valence-electron chi connectivity index (χ2n) is 9.12. The molecule has 11 heteroatoms. The Morgan fingerprint density at radius 3 is 2.47 bits per heavy atom. The van der Waals surface area contributed by atoms with Crippen molar-refractivity contribution >= 4 is 39.0 Å². The van der Waals surface area contributed by atoms with Crippen molar-refractivity contribution in [2.75, 3.05) is 4.90 Å². The summed E-state index contributed by atoms with van der Waals surface area (Å²) in [6, 6.07) is 15.4. The van der Waals surface area contributed by atoms with Gasteiger partial charge in [-0.2, -0.15) is 8.42 Å². The normalized spacial score (nSPS) is 16.4. The number of hydrogen-bond acceptors (Lipinski definition) is 7. The Bertz CT molecular complexity index is 1480. The van der Waals surface area contributed by atoms with Gasteiger partial charge in [0.15, 0.2) is 6.29 Å². The Morgan fingerprint density at radius 2 is 1.82 bits per heavy atom. The van der Waals surface area contributed by atoms with Gasteiger partial charge in [-0.05, 0) is 87.6 Å². The minimum Gasteiger partial charge on any atom is -0.328 e. The molecule has 9 nitrogen and oxygen atoms in total.